The predicted octanol–water partition coefficient (Wildman–Crippen LogP) is 5.58. The van der Waals surface area contributed by atoms with Gasteiger partial charge >= 0.3 is 0 Å². The van der Waals surface area contributed by atoms with Crippen molar-refractivity contribution in [1.29, 1.82) is 0 Å². The Morgan fingerprint density at radius 1 is 0.971 bits per heavy atom. The Kier molecular flexibility index (Phi) is 6.37. The van der Waals surface area contributed by atoms with Crippen molar-refractivity contribution in [2.45, 2.75) is 0 Å². The summed E-state index contributed by atoms with van der Waals surface area (Å²) in [5.74, 6) is -0.559. The number of anilines is 2. The van der Waals surface area contributed by atoms with E-state index in [9.17, 15) is 13.2 Å². The fraction of sp³-hybridized carbons (Fsp3) is 0.120. The lowest BCUT2D eigenvalue weighted by molar-refractivity contribution is 0.102. The first-order chi connectivity index (χ1) is 16.8. The van der Waals surface area contributed by atoms with Gasteiger partial charge in [0.25, 0.3) is 5.91 Å². The van der Waals surface area contributed by atoms with Gasteiger partial charge in [-0.05, 0) is 48.5 Å². The van der Waals surface area contributed by atoms with Crippen LogP contribution in [0.1, 0.15) is 10.4 Å². The van der Waals surface area contributed by atoms with Crippen LogP contribution in [0.25, 0.3) is 22.2 Å². The van der Waals surface area contributed by atoms with Gasteiger partial charge < -0.3 is 10.1 Å². The molecule has 1 aromatic heterocycles. The maximum Gasteiger partial charge on any atom is 0.257 e. The van der Waals surface area contributed by atoms with Crippen LogP contribution < -0.4 is 9.62 Å². The number of para-hydroxylation sites is 1. The second kappa shape index (κ2) is 9.47. The van der Waals surface area contributed by atoms with Gasteiger partial charge in [-0.25, -0.2) is 17.7 Å². The summed E-state index contributed by atoms with van der Waals surface area (Å²) in [7, 11) is -3.49. The van der Waals surface area contributed by atoms with E-state index in [0.717, 1.165) is 15.2 Å². The molecular weight excluding hydrogens is 509 g/mol. The molecule has 0 unspecified atom stereocenters. The normalized spacial score (nSPS) is 15.2. The highest BCUT2D eigenvalue weighted by molar-refractivity contribution is 7.92. The van der Waals surface area contributed by atoms with E-state index in [4.69, 9.17) is 27.9 Å². The molecule has 1 aliphatic heterocycles. The van der Waals surface area contributed by atoms with Crippen LogP contribution in [0.2, 0.25) is 10.0 Å². The molecule has 2 heterocycles. The largest absolute Gasteiger partial charge is 0.359 e. The molecule has 4 aromatic rings. The molecule has 1 fully saturated rings. The molecule has 7 nitrogen and oxygen atoms in total. The molecule has 1 aliphatic rings. The molecule has 0 aliphatic carbocycles. The predicted molar refractivity (Wildman–Crippen MR) is 139 cm³/mol. The van der Waals surface area contributed by atoms with E-state index in [0.29, 0.717) is 27.7 Å². The number of nitrogens with one attached hydrogen (secondary N) is 1. The molecule has 0 saturated carbocycles. The van der Waals surface area contributed by atoms with E-state index < -0.39 is 15.9 Å². The Balaban J connectivity index is 1.40. The minimum Gasteiger partial charge on any atom is -0.359 e. The van der Waals surface area contributed by atoms with Crippen molar-refractivity contribution >= 4 is 61.4 Å². The highest BCUT2D eigenvalue weighted by Gasteiger charge is 2.27. The van der Waals surface area contributed by atoms with Gasteiger partial charge in [0, 0.05) is 16.6 Å². The fourth-order valence-corrected chi connectivity index (χ4v) is 5.49. The third kappa shape index (κ3) is 4.83. The second-order valence-electron chi connectivity index (χ2n) is 7.90. The molecular formula is C25H19Cl2N3O4S. The number of carbonyl (C=O) groups excluding carboxylic acids is 1. The third-order valence-corrected chi connectivity index (χ3v) is 7.93. The van der Waals surface area contributed by atoms with Crippen LogP contribution in [0.4, 0.5) is 11.4 Å². The second-order valence-corrected chi connectivity index (χ2v) is 10.7. The number of benzene rings is 3. The lowest BCUT2D eigenvalue weighted by atomic mass is 10.1. The van der Waals surface area contributed by atoms with Gasteiger partial charge in [-0.2, -0.15) is 0 Å². The molecule has 0 radical (unpaired) electrons. The first-order valence-corrected chi connectivity index (χ1v) is 13.0. The zero-order chi connectivity index (χ0) is 24.6. The average molecular weight is 528 g/mol. The van der Waals surface area contributed by atoms with Crippen molar-refractivity contribution in [3.63, 3.8) is 0 Å². The number of aromatic nitrogens is 1. The summed E-state index contributed by atoms with van der Waals surface area (Å²) in [6, 6.07) is 21.2. The molecule has 10 heteroatoms. The van der Waals surface area contributed by atoms with Gasteiger partial charge in [-0.15, -0.1) is 0 Å². The summed E-state index contributed by atoms with van der Waals surface area (Å²) in [5.41, 5.74) is 3.23. The molecule has 0 bridgehead atoms. The van der Waals surface area contributed by atoms with Gasteiger partial charge in [0.2, 0.25) is 10.0 Å². The number of hydrogen-bond acceptors (Lipinski definition) is 5. The van der Waals surface area contributed by atoms with E-state index in [2.05, 4.69) is 10.3 Å². The average Bonchev–Trinajstić information content (AvgIpc) is 2.84. The maximum absolute atomic E-state index is 13.0. The van der Waals surface area contributed by atoms with Crippen molar-refractivity contribution in [3.05, 3.63) is 88.4 Å². The topological polar surface area (TPSA) is 88.6 Å². The Morgan fingerprint density at radius 3 is 2.60 bits per heavy atom. The number of halogens is 2. The molecule has 178 valence electrons. The first kappa shape index (κ1) is 23.6. The van der Waals surface area contributed by atoms with Crippen molar-refractivity contribution in [2.24, 2.45) is 0 Å². The zero-order valence-electron chi connectivity index (χ0n) is 18.2. The minimum atomic E-state index is -3.49. The van der Waals surface area contributed by atoms with E-state index in [1.807, 2.05) is 36.4 Å². The van der Waals surface area contributed by atoms with Crippen LogP contribution in [0, 0.1) is 0 Å². The van der Waals surface area contributed by atoms with Crippen LogP contribution in [0.5, 0.6) is 0 Å². The summed E-state index contributed by atoms with van der Waals surface area (Å²) in [4.78, 5) is 17.6. The fourth-order valence-electron chi connectivity index (χ4n) is 3.79. The van der Waals surface area contributed by atoms with Gasteiger partial charge in [0.1, 0.15) is 6.73 Å². The number of nitrogens with zero attached hydrogens (tertiary/aromatic N) is 2. The molecule has 3 aromatic carbocycles. The number of rotatable bonds is 4. The summed E-state index contributed by atoms with van der Waals surface area (Å²) < 4.78 is 31.0. The lowest BCUT2D eigenvalue weighted by Crippen LogP contribution is -2.41. The Hall–Kier alpha value is -3.17. The quantitative estimate of drug-likeness (QED) is 0.374. The van der Waals surface area contributed by atoms with Crippen LogP contribution >= 0.6 is 23.2 Å². The molecule has 0 spiro atoms. The Morgan fingerprint density at radius 2 is 1.80 bits per heavy atom. The monoisotopic (exact) mass is 527 g/mol. The maximum atomic E-state index is 13.0. The van der Waals surface area contributed by atoms with Crippen LogP contribution in [0.15, 0.2) is 72.8 Å². The van der Waals surface area contributed by atoms with Crippen LogP contribution in [-0.2, 0) is 14.8 Å². The summed E-state index contributed by atoms with van der Waals surface area (Å²) >= 11 is 12.8. The van der Waals surface area contributed by atoms with Crippen LogP contribution in [-0.4, -0.2) is 38.4 Å². The van der Waals surface area contributed by atoms with Crippen molar-refractivity contribution in [1.82, 2.24) is 4.98 Å². The molecule has 1 amide bonds. The number of sulfonamides is 1. The number of hydrogen-bond donors (Lipinski definition) is 1. The smallest absolute Gasteiger partial charge is 0.257 e. The van der Waals surface area contributed by atoms with Gasteiger partial charge in [0.05, 0.1) is 44.9 Å². The van der Waals surface area contributed by atoms with Crippen molar-refractivity contribution < 1.29 is 17.9 Å². The highest BCUT2D eigenvalue weighted by atomic mass is 35.5. The number of fused-ring (bicyclic) bond motifs is 1. The number of amides is 1. The van der Waals surface area contributed by atoms with Crippen molar-refractivity contribution in [3.8, 4) is 11.3 Å². The molecule has 35 heavy (non-hydrogen) atoms. The van der Waals surface area contributed by atoms with Gasteiger partial charge in [-0.3, -0.25) is 4.79 Å². The molecule has 0 atom stereocenters. The third-order valence-electron chi connectivity index (χ3n) is 5.61. The number of pyridine rings is 1. The van der Waals surface area contributed by atoms with E-state index >= 15 is 0 Å². The SMILES string of the molecule is O=C(Nc1ccc(Cl)c(-c2ccc3ccccc3n2)c1)c1ccc(N2COCCS2(=O)=O)cc1Cl. The zero-order valence-corrected chi connectivity index (χ0v) is 20.6. The van der Waals surface area contributed by atoms with Crippen molar-refractivity contribution in [2.75, 3.05) is 28.7 Å². The number of ether oxygens (including phenoxy) is 1. The summed E-state index contributed by atoms with van der Waals surface area (Å²) in [6.07, 6.45) is 0. The standard InChI is InChI=1S/C25H19Cl2N3O4S/c26-21-9-6-17(13-20(21)24-10-5-16-3-1-2-4-23(16)29-24)28-25(31)19-8-7-18(14-22(19)27)30-15-34-11-12-35(30,32)33/h1-10,13-14H,11-12,15H2,(H,28,31). The molecule has 5 rings (SSSR count). The van der Waals surface area contributed by atoms with E-state index in [1.165, 1.54) is 18.2 Å². The minimum absolute atomic E-state index is 0.0967. The highest BCUT2D eigenvalue weighted by Crippen LogP contribution is 2.32. The van der Waals surface area contributed by atoms with Gasteiger partial charge in [0.15, 0.2) is 0 Å². The first-order valence-electron chi connectivity index (χ1n) is 10.7. The molecule has 1 saturated heterocycles. The lowest BCUT2D eigenvalue weighted by Gasteiger charge is -2.28. The molecule has 1 N–H and O–H groups in total. The van der Waals surface area contributed by atoms with E-state index in [-0.39, 0.29) is 29.7 Å². The van der Waals surface area contributed by atoms with E-state index in [1.54, 1.807) is 18.2 Å². The van der Waals surface area contributed by atoms with Gasteiger partial charge in [-0.1, -0.05) is 47.5 Å². The number of carbonyl (C=O) groups is 1. The Bertz CT molecular complexity index is 1560. The van der Waals surface area contributed by atoms with Crippen LogP contribution in [0.3, 0.4) is 0 Å². The summed E-state index contributed by atoms with van der Waals surface area (Å²) in [5, 5.41) is 4.45. The Labute approximate surface area is 212 Å². The summed E-state index contributed by atoms with van der Waals surface area (Å²) in [6.45, 7) is 0.0470.